The number of carbonyl (C=O) groups is 1. The van der Waals surface area contributed by atoms with Crippen LogP contribution in [0.15, 0.2) is 34.8 Å². The predicted molar refractivity (Wildman–Crippen MR) is 101 cm³/mol. The molecule has 2 rings (SSSR count). The van der Waals surface area contributed by atoms with Crippen LogP contribution in [0.5, 0.6) is 5.75 Å². The van der Waals surface area contributed by atoms with Gasteiger partial charge in [-0.25, -0.2) is 4.79 Å². The molecule has 0 heterocycles. The van der Waals surface area contributed by atoms with Gasteiger partial charge in [0, 0.05) is 21.1 Å². The number of anilines is 1. The predicted octanol–water partition coefficient (Wildman–Crippen LogP) is 5.34. The lowest BCUT2D eigenvalue weighted by Crippen LogP contribution is -2.15. The molecule has 0 aliphatic carbocycles. The molecule has 0 atom stereocenters. The number of ether oxygens (including phenoxy) is 2. The van der Waals surface area contributed by atoms with E-state index in [0.717, 1.165) is 10.0 Å². The molecule has 0 aliphatic rings. The number of hydrogen-bond donors (Lipinski definition) is 1. The highest BCUT2D eigenvalue weighted by molar-refractivity contribution is 9.10. The van der Waals surface area contributed by atoms with Crippen molar-refractivity contribution in [1.82, 2.24) is 0 Å². The summed E-state index contributed by atoms with van der Waals surface area (Å²) in [4.78, 5) is 11.9. The number of hydrogen-bond acceptors (Lipinski definition) is 4. The molecule has 0 aliphatic heterocycles. The van der Waals surface area contributed by atoms with E-state index in [2.05, 4.69) is 21.2 Å². The first kappa shape index (κ1) is 18.9. The SMILES string of the molecule is COC(=O)c1cc(C)cc(Br)c1NCCOc1cc(Cl)cc(Cl)c1. The maximum atomic E-state index is 11.9. The first-order valence-electron chi connectivity index (χ1n) is 7.12. The largest absolute Gasteiger partial charge is 0.492 e. The van der Waals surface area contributed by atoms with Crippen LogP contribution in [0, 0.1) is 6.92 Å². The quantitative estimate of drug-likeness (QED) is 0.494. The Morgan fingerprint density at radius 2 is 1.83 bits per heavy atom. The fourth-order valence-electron chi connectivity index (χ4n) is 2.15. The molecule has 0 spiro atoms. The third-order valence-electron chi connectivity index (χ3n) is 3.15. The maximum absolute atomic E-state index is 11.9. The summed E-state index contributed by atoms with van der Waals surface area (Å²) in [5.74, 6) is 0.190. The number of nitrogens with one attached hydrogen (secondary N) is 1. The van der Waals surface area contributed by atoms with E-state index in [0.29, 0.717) is 40.2 Å². The molecule has 128 valence electrons. The van der Waals surface area contributed by atoms with Crippen molar-refractivity contribution in [2.75, 3.05) is 25.6 Å². The Hall–Kier alpha value is -1.43. The van der Waals surface area contributed by atoms with E-state index in [1.54, 1.807) is 24.3 Å². The highest BCUT2D eigenvalue weighted by atomic mass is 79.9. The molecule has 0 bridgehead atoms. The van der Waals surface area contributed by atoms with Crippen molar-refractivity contribution in [2.24, 2.45) is 0 Å². The summed E-state index contributed by atoms with van der Waals surface area (Å²) in [6.07, 6.45) is 0. The number of halogens is 3. The molecule has 0 amide bonds. The summed E-state index contributed by atoms with van der Waals surface area (Å²) in [6, 6.07) is 8.72. The molecule has 4 nitrogen and oxygen atoms in total. The summed E-state index contributed by atoms with van der Waals surface area (Å²) in [5, 5.41) is 4.21. The standard InChI is InChI=1S/C17H16BrCl2NO3/c1-10-5-14(17(22)23-2)16(15(18)6-10)21-3-4-24-13-8-11(19)7-12(20)9-13/h5-9,21H,3-4H2,1-2H3. The fraction of sp³-hybridized carbons (Fsp3) is 0.235. The minimum Gasteiger partial charge on any atom is -0.492 e. The van der Waals surface area contributed by atoms with Gasteiger partial charge in [0.25, 0.3) is 0 Å². The number of methoxy groups -OCH3 is 1. The molecule has 0 aromatic heterocycles. The van der Waals surface area contributed by atoms with Gasteiger partial charge in [-0.3, -0.25) is 0 Å². The molecule has 0 fully saturated rings. The summed E-state index contributed by atoms with van der Waals surface area (Å²) in [5.41, 5.74) is 2.09. The average molecular weight is 433 g/mol. The van der Waals surface area contributed by atoms with Gasteiger partial charge >= 0.3 is 5.97 Å². The van der Waals surface area contributed by atoms with Crippen LogP contribution in [0.4, 0.5) is 5.69 Å². The van der Waals surface area contributed by atoms with Gasteiger partial charge < -0.3 is 14.8 Å². The zero-order valence-electron chi connectivity index (χ0n) is 13.2. The zero-order chi connectivity index (χ0) is 17.7. The van der Waals surface area contributed by atoms with Gasteiger partial charge in [-0.15, -0.1) is 0 Å². The van der Waals surface area contributed by atoms with Crippen molar-refractivity contribution in [2.45, 2.75) is 6.92 Å². The first-order valence-corrected chi connectivity index (χ1v) is 8.67. The van der Waals surface area contributed by atoms with Crippen LogP contribution in [0.2, 0.25) is 10.0 Å². The normalized spacial score (nSPS) is 10.4. The second kappa shape index (κ2) is 8.60. The Balaban J connectivity index is 2.03. The van der Waals surface area contributed by atoms with Crippen molar-refractivity contribution in [3.05, 3.63) is 56.0 Å². The van der Waals surface area contributed by atoms with Gasteiger partial charge in [0.05, 0.1) is 18.4 Å². The van der Waals surface area contributed by atoms with Gasteiger partial charge in [0.2, 0.25) is 0 Å². The van der Waals surface area contributed by atoms with Crippen molar-refractivity contribution in [1.29, 1.82) is 0 Å². The molecule has 1 N–H and O–H groups in total. The first-order chi connectivity index (χ1) is 11.4. The van der Waals surface area contributed by atoms with Crippen molar-refractivity contribution in [3.8, 4) is 5.75 Å². The van der Waals surface area contributed by atoms with E-state index in [4.69, 9.17) is 32.7 Å². The van der Waals surface area contributed by atoms with Crippen molar-refractivity contribution in [3.63, 3.8) is 0 Å². The minimum absolute atomic E-state index is 0.373. The number of rotatable bonds is 6. The number of aryl methyl sites for hydroxylation is 1. The number of benzene rings is 2. The summed E-state index contributed by atoms with van der Waals surface area (Å²) in [7, 11) is 1.36. The monoisotopic (exact) mass is 431 g/mol. The Morgan fingerprint density at radius 3 is 2.46 bits per heavy atom. The molecular weight excluding hydrogens is 417 g/mol. The van der Waals surface area contributed by atoms with Gasteiger partial charge in [0.15, 0.2) is 0 Å². The lowest BCUT2D eigenvalue weighted by molar-refractivity contribution is 0.0601. The Kier molecular flexibility index (Phi) is 6.78. The van der Waals surface area contributed by atoms with Crippen LogP contribution in [0.25, 0.3) is 0 Å². The van der Waals surface area contributed by atoms with E-state index in [-0.39, 0.29) is 0 Å². The third kappa shape index (κ3) is 5.03. The molecule has 24 heavy (non-hydrogen) atoms. The topological polar surface area (TPSA) is 47.6 Å². The second-order valence-corrected chi connectivity index (χ2v) is 6.77. The van der Waals surface area contributed by atoms with Crippen LogP contribution >= 0.6 is 39.1 Å². The van der Waals surface area contributed by atoms with E-state index in [1.165, 1.54) is 7.11 Å². The molecule has 0 unspecified atom stereocenters. The van der Waals surface area contributed by atoms with E-state index in [1.807, 2.05) is 13.0 Å². The Morgan fingerprint density at radius 1 is 1.17 bits per heavy atom. The third-order valence-corrected chi connectivity index (χ3v) is 4.21. The molecule has 0 saturated carbocycles. The molecular formula is C17H16BrCl2NO3. The van der Waals surface area contributed by atoms with Crippen LogP contribution in [0.3, 0.4) is 0 Å². The smallest absolute Gasteiger partial charge is 0.340 e. The number of esters is 1. The Labute approximate surface area is 159 Å². The van der Waals surface area contributed by atoms with Crippen LogP contribution in [-0.2, 0) is 4.74 Å². The van der Waals surface area contributed by atoms with Gasteiger partial charge in [0.1, 0.15) is 12.4 Å². The molecule has 7 heteroatoms. The van der Waals surface area contributed by atoms with E-state index < -0.39 is 5.97 Å². The van der Waals surface area contributed by atoms with Crippen molar-refractivity contribution < 1.29 is 14.3 Å². The molecule has 0 saturated heterocycles. The van der Waals surface area contributed by atoms with Gasteiger partial charge in [-0.2, -0.15) is 0 Å². The van der Waals surface area contributed by atoms with Crippen LogP contribution in [-0.4, -0.2) is 26.2 Å². The molecule has 2 aromatic rings. The summed E-state index contributed by atoms with van der Waals surface area (Å²) in [6.45, 7) is 2.76. The van der Waals surface area contributed by atoms with Crippen LogP contribution in [0.1, 0.15) is 15.9 Å². The second-order valence-electron chi connectivity index (χ2n) is 5.04. The fourth-order valence-corrected chi connectivity index (χ4v) is 3.37. The molecule has 0 radical (unpaired) electrons. The van der Waals surface area contributed by atoms with Crippen LogP contribution < -0.4 is 10.1 Å². The van der Waals surface area contributed by atoms with E-state index >= 15 is 0 Å². The minimum atomic E-state index is -0.399. The number of carbonyl (C=O) groups excluding carboxylic acids is 1. The zero-order valence-corrected chi connectivity index (χ0v) is 16.3. The lowest BCUT2D eigenvalue weighted by Gasteiger charge is -2.14. The van der Waals surface area contributed by atoms with Crippen molar-refractivity contribution >= 4 is 50.8 Å². The average Bonchev–Trinajstić information content (AvgIpc) is 2.50. The molecule has 2 aromatic carbocycles. The van der Waals surface area contributed by atoms with Gasteiger partial charge in [-0.1, -0.05) is 23.2 Å². The van der Waals surface area contributed by atoms with E-state index in [9.17, 15) is 4.79 Å². The summed E-state index contributed by atoms with van der Waals surface area (Å²) >= 11 is 15.3. The highest BCUT2D eigenvalue weighted by Crippen LogP contribution is 2.29. The van der Waals surface area contributed by atoms with Gasteiger partial charge in [-0.05, 0) is 58.7 Å². The maximum Gasteiger partial charge on any atom is 0.340 e. The lowest BCUT2D eigenvalue weighted by atomic mass is 10.1. The summed E-state index contributed by atoms with van der Waals surface area (Å²) < 4.78 is 11.2. The highest BCUT2D eigenvalue weighted by Gasteiger charge is 2.15. The Bertz CT molecular complexity index is 733.